The minimum atomic E-state index is 0.0927. The molecule has 3 heteroatoms. The highest BCUT2D eigenvalue weighted by atomic mass is 16.3. The SMILES string of the molecule is N#CC[C@@H](Cc1ccc(O)cc1)c1ccc(O)cc1. The van der Waals surface area contributed by atoms with Gasteiger partial charge in [0.2, 0.25) is 0 Å². The molecule has 0 aliphatic carbocycles. The first-order chi connectivity index (χ1) is 9.19. The van der Waals surface area contributed by atoms with Crippen LogP contribution in [0.1, 0.15) is 23.5 Å². The Morgan fingerprint density at radius 1 is 0.895 bits per heavy atom. The smallest absolute Gasteiger partial charge is 0.115 e. The zero-order chi connectivity index (χ0) is 13.7. The molecule has 0 saturated carbocycles. The fourth-order valence-corrected chi connectivity index (χ4v) is 2.08. The zero-order valence-corrected chi connectivity index (χ0v) is 10.5. The van der Waals surface area contributed by atoms with Gasteiger partial charge in [0.05, 0.1) is 6.07 Å². The van der Waals surface area contributed by atoms with E-state index in [9.17, 15) is 10.2 Å². The van der Waals surface area contributed by atoms with Crippen molar-refractivity contribution in [3.63, 3.8) is 0 Å². The number of hydrogen-bond donors (Lipinski definition) is 2. The van der Waals surface area contributed by atoms with E-state index in [4.69, 9.17) is 5.26 Å². The van der Waals surface area contributed by atoms with Crippen LogP contribution in [-0.4, -0.2) is 10.2 Å². The van der Waals surface area contributed by atoms with Gasteiger partial charge >= 0.3 is 0 Å². The normalized spacial score (nSPS) is 11.7. The lowest BCUT2D eigenvalue weighted by atomic mass is 9.90. The van der Waals surface area contributed by atoms with Gasteiger partial charge in [-0.3, -0.25) is 0 Å². The number of phenols is 2. The molecule has 2 aromatic rings. The fraction of sp³-hybridized carbons (Fsp3) is 0.188. The number of hydrogen-bond acceptors (Lipinski definition) is 3. The average molecular weight is 253 g/mol. The molecule has 3 nitrogen and oxygen atoms in total. The Labute approximate surface area is 112 Å². The Kier molecular flexibility index (Phi) is 4.04. The van der Waals surface area contributed by atoms with Gasteiger partial charge in [0.15, 0.2) is 0 Å². The molecule has 0 aromatic heterocycles. The van der Waals surface area contributed by atoms with Gasteiger partial charge in [0.1, 0.15) is 11.5 Å². The minimum Gasteiger partial charge on any atom is -0.508 e. The van der Waals surface area contributed by atoms with Crippen LogP contribution in [-0.2, 0) is 6.42 Å². The van der Waals surface area contributed by atoms with E-state index in [0.29, 0.717) is 6.42 Å². The monoisotopic (exact) mass is 253 g/mol. The minimum absolute atomic E-state index is 0.0927. The first-order valence-corrected chi connectivity index (χ1v) is 6.13. The van der Waals surface area contributed by atoms with Crippen molar-refractivity contribution in [3.8, 4) is 17.6 Å². The molecule has 0 bridgehead atoms. The molecule has 96 valence electrons. The van der Waals surface area contributed by atoms with Crippen molar-refractivity contribution in [3.05, 3.63) is 59.7 Å². The molecular weight excluding hydrogens is 238 g/mol. The second-order valence-corrected chi connectivity index (χ2v) is 4.52. The van der Waals surface area contributed by atoms with Crippen molar-refractivity contribution in [1.29, 1.82) is 5.26 Å². The van der Waals surface area contributed by atoms with E-state index in [1.54, 1.807) is 24.3 Å². The third-order valence-electron chi connectivity index (χ3n) is 3.12. The third-order valence-corrected chi connectivity index (χ3v) is 3.12. The van der Waals surface area contributed by atoms with Crippen molar-refractivity contribution in [2.24, 2.45) is 0 Å². The van der Waals surface area contributed by atoms with E-state index >= 15 is 0 Å². The van der Waals surface area contributed by atoms with E-state index in [1.807, 2.05) is 24.3 Å². The molecule has 0 saturated heterocycles. The summed E-state index contributed by atoms with van der Waals surface area (Å²) in [7, 11) is 0. The van der Waals surface area contributed by atoms with Crippen molar-refractivity contribution in [1.82, 2.24) is 0 Å². The predicted molar refractivity (Wildman–Crippen MR) is 72.9 cm³/mol. The van der Waals surface area contributed by atoms with Gasteiger partial charge < -0.3 is 10.2 Å². The number of rotatable bonds is 4. The first-order valence-electron chi connectivity index (χ1n) is 6.13. The Morgan fingerprint density at radius 3 is 1.95 bits per heavy atom. The summed E-state index contributed by atoms with van der Waals surface area (Å²) in [6.45, 7) is 0. The van der Waals surface area contributed by atoms with E-state index in [2.05, 4.69) is 6.07 Å². The van der Waals surface area contributed by atoms with Crippen molar-refractivity contribution >= 4 is 0 Å². The molecule has 0 spiro atoms. The Hall–Kier alpha value is -2.47. The van der Waals surface area contributed by atoms with E-state index in [-0.39, 0.29) is 17.4 Å². The first kappa shape index (κ1) is 13.0. The summed E-state index contributed by atoms with van der Waals surface area (Å²) in [5.74, 6) is 0.560. The molecule has 0 fully saturated rings. The van der Waals surface area contributed by atoms with Gasteiger partial charge in [-0.05, 0) is 41.8 Å². The summed E-state index contributed by atoms with van der Waals surface area (Å²) in [6, 6.07) is 16.2. The predicted octanol–water partition coefficient (Wildman–Crippen LogP) is 3.34. The standard InChI is InChI=1S/C16H15NO2/c17-10-9-14(13-3-7-16(19)8-4-13)11-12-1-5-15(18)6-2-12/h1-8,14,18-19H,9,11H2/t14-/m0/s1. The summed E-state index contributed by atoms with van der Waals surface area (Å²) in [5.41, 5.74) is 2.11. The van der Waals surface area contributed by atoms with E-state index in [1.165, 1.54) is 0 Å². The maximum atomic E-state index is 9.30. The van der Waals surface area contributed by atoms with Crippen LogP contribution >= 0.6 is 0 Å². The lowest BCUT2D eigenvalue weighted by Crippen LogP contribution is -2.02. The molecule has 0 unspecified atom stereocenters. The molecule has 19 heavy (non-hydrogen) atoms. The lowest BCUT2D eigenvalue weighted by Gasteiger charge is -2.14. The topological polar surface area (TPSA) is 64.2 Å². The highest BCUT2D eigenvalue weighted by molar-refractivity contribution is 5.32. The Bertz CT molecular complexity index is 567. The molecule has 1 atom stereocenters. The van der Waals surface area contributed by atoms with Gasteiger partial charge in [-0.25, -0.2) is 0 Å². The molecular formula is C16H15NO2. The molecule has 0 amide bonds. The molecule has 0 aliphatic heterocycles. The van der Waals surface area contributed by atoms with Crippen LogP contribution in [0.15, 0.2) is 48.5 Å². The van der Waals surface area contributed by atoms with E-state index in [0.717, 1.165) is 17.5 Å². The lowest BCUT2D eigenvalue weighted by molar-refractivity contribution is 0.474. The number of nitrogens with zero attached hydrogens (tertiary/aromatic N) is 1. The Morgan fingerprint density at radius 2 is 1.42 bits per heavy atom. The summed E-state index contributed by atoms with van der Waals surface area (Å²) in [6.07, 6.45) is 1.16. The van der Waals surface area contributed by atoms with Crippen LogP contribution in [0.5, 0.6) is 11.5 Å². The van der Waals surface area contributed by atoms with Gasteiger partial charge in [0, 0.05) is 12.3 Å². The number of phenolic OH excluding ortho intramolecular Hbond substituents is 2. The summed E-state index contributed by atoms with van der Waals surface area (Å²) in [5, 5.41) is 27.5. The van der Waals surface area contributed by atoms with Crippen molar-refractivity contribution in [2.45, 2.75) is 18.8 Å². The number of benzene rings is 2. The third kappa shape index (κ3) is 3.49. The maximum Gasteiger partial charge on any atom is 0.115 e. The number of nitriles is 1. The zero-order valence-electron chi connectivity index (χ0n) is 10.5. The highest BCUT2D eigenvalue weighted by Gasteiger charge is 2.12. The summed E-state index contributed by atoms with van der Waals surface area (Å²) >= 11 is 0. The van der Waals surface area contributed by atoms with E-state index < -0.39 is 0 Å². The molecule has 0 aliphatic rings. The van der Waals surface area contributed by atoms with Gasteiger partial charge in [-0.15, -0.1) is 0 Å². The molecule has 0 heterocycles. The second kappa shape index (κ2) is 5.92. The summed E-state index contributed by atoms with van der Waals surface area (Å²) in [4.78, 5) is 0. The number of aromatic hydroxyl groups is 2. The van der Waals surface area contributed by atoms with Crippen LogP contribution in [0.3, 0.4) is 0 Å². The summed E-state index contributed by atoms with van der Waals surface area (Å²) < 4.78 is 0. The largest absolute Gasteiger partial charge is 0.508 e. The van der Waals surface area contributed by atoms with Crippen molar-refractivity contribution < 1.29 is 10.2 Å². The van der Waals surface area contributed by atoms with Crippen LogP contribution in [0.2, 0.25) is 0 Å². The van der Waals surface area contributed by atoms with Crippen LogP contribution in [0, 0.1) is 11.3 Å². The second-order valence-electron chi connectivity index (χ2n) is 4.52. The van der Waals surface area contributed by atoms with Gasteiger partial charge in [-0.1, -0.05) is 24.3 Å². The van der Waals surface area contributed by atoms with Crippen LogP contribution in [0.25, 0.3) is 0 Å². The van der Waals surface area contributed by atoms with Gasteiger partial charge in [0.25, 0.3) is 0 Å². The fourth-order valence-electron chi connectivity index (χ4n) is 2.08. The van der Waals surface area contributed by atoms with Gasteiger partial charge in [-0.2, -0.15) is 5.26 Å². The maximum absolute atomic E-state index is 9.30. The van der Waals surface area contributed by atoms with Crippen LogP contribution in [0.4, 0.5) is 0 Å². The molecule has 2 N–H and O–H groups in total. The van der Waals surface area contributed by atoms with Crippen LogP contribution < -0.4 is 0 Å². The Balaban J connectivity index is 2.18. The molecule has 2 rings (SSSR count). The molecule has 2 aromatic carbocycles. The van der Waals surface area contributed by atoms with Crippen molar-refractivity contribution in [2.75, 3.05) is 0 Å². The highest BCUT2D eigenvalue weighted by Crippen LogP contribution is 2.26. The quantitative estimate of drug-likeness (QED) is 0.878. The average Bonchev–Trinajstić information content (AvgIpc) is 2.42. The molecule has 0 radical (unpaired) electrons.